The molecule has 0 spiro atoms. The van der Waals surface area contributed by atoms with Crippen molar-refractivity contribution in [2.24, 2.45) is 5.92 Å². The van der Waals surface area contributed by atoms with Gasteiger partial charge >= 0.3 is 0 Å². The molecular weight excluding hydrogens is 210 g/mol. The molecule has 0 bridgehead atoms. The summed E-state index contributed by atoms with van der Waals surface area (Å²) in [7, 11) is 0. The summed E-state index contributed by atoms with van der Waals surface area (Å²) in [6, 6.07) is 6.03. The van der Waals surface area contributed by atoms with Crippen molar-refractivity contribution in [3.8, 4) is 5.75 Å². The zero-order valence-corrected chi connectivity index (χ0v) is 10.9. The second kappa shape index (κ2) is 5.54. The Labute approximate surface area is 104 Å². The summed E-state index contributed by atoms with van der Waals surface area (Å²) in [5, 5.41) is 10.00. The molecule has 2 rings (SSSR count). The van der Waals surface area contributed by atoms with E-state index in [1.807, 2.05) is 25.1 Å². The second-order valence-corrected chi connectivity index (χ2v) is 5.21. The van der Waals surface area contributed by atoms with Crippen LogP contribution < -0.4 is 0 Å². The Morgan fingerprint density at radius 3 is 2.65 bits per heavy atom. The third-order valence-corrected chi connectivity index (χ3v) is 4.00. The molecule has 0 radical (unpaired) electrons. The number of hydrogen-bond donors (Lipinski definition) is 1. The number of aromatic hydroxyl groups is 1. The van der Waals surface area contributed by atoms with E-state index >= 15 is 0 Å². The van der Waals surface area contributed by atoms with Crippen molar-refractivity contribution in [3.05, 3.63) is 29.3 Å². The summed E-state index contributed by atoms with van der Waals surface area (Å²) in [4.78, 5) is 2.46. The standard InChI is InChI=1S/C15H23NO/c1-3-13-7-9-16(10-8-13)11-14-6-4-5-12(2)15(14)17/h4-6,13,17H,3,7-11H2,1-2H3. The number of phenolic OH excluding ortho intramolecular Hbond substituents is 1. The molecule has 2 nitrogen and oxygen atoms in total. The van der Waals surface area contributed by atoms with Crippen LogP contribution in [0.3, 0.4) is 0 Å². The minimum Gasteiger partial charge on any atom is -0.507 e. The lowest BCUT2D eigenvalue weighted by atomic mass is 9.94. The zero-order valence-electron chi connectivity index (χ0n) is 10.9. The van der Waals surface area contributed by atoms with E-state index in [4.69, 9.17) is 0 Å². The molecule has 1 N–H and O–H groups in total. The molecule has 1 aromatic rings. The van der Waals surface area contributed by atoms with E-state index in [9.17, 15) is 5.11 Å². The van der Waals surface area contributed by atoms with Gasteiger partial charge in [0, 0.05) is 12.1 Å². The first-order chi connectivity index (χ1) is 8.20. The Kier molecular flexibility index (Phi) is 4.06. The lowest BCUT2D eigenvalue weighted by molar-refractivity contribution is 0.173. The number of aryl methyl sites for hydroxylation is 1. The topological polar surface area (TPSA) is 23.5 Å². The van der Waals surface area contributed by atoms with Gasteiger partial charge in [0.1, 0.15) is 5.75 Å². The average molecular weight is 233 g/mol. The Balaban J connectivity index is 1.95. The second-order valence-electron chi connectivity index (χ2n) is 5.21. The minimum absolute atomic E-state index is 0.477. The summed E-state index contributed by atoms with van der Waals surface area (Å²) in [6.07, 6.45) is 3.93. The molecule has 2 heteroatoms. The third kappa shape index (κ3) is 3.01. The van der Waals surface area contributed by atoms with Crippen molar-refractivity contribution < 1.29 is 5.11 Å². The van der Waals surface area contributed by atoms with E-state index in [0.717, 1.165) is 23.6 Å². The molecule has 0 aliphatic carbocycles. The van der Waals surface area contributed by atoms with Crippen molar-refractivity contribution in [2.75, 3.05) is 13.1 Å². The number of phenols is 1. The maximum atomic E-state index is 10.00. The normalized spacial score (nSPS) is 18.5. The maximum Gasteiger partial charge on any atom is 0.122 e. The summed E-state index contributed by atoms with van der Waals surface area (Å²) in [6.45, 7) is 7.48. The molecule has 94 valence electrons. The molecule has 0 aromatic heterocycles. The number of hydrogen-bond acceptors (Lipinski definition) is 2. The molecule has 1 aromatic carbocycles. The predicted molar refractivity (Wildman–Crippen MR) is 71.1 cm³/mol. The molecule has 0 amide bonds. The quantitative estimate of drug-likeness (QED) is 0.865. The number of nitrogens with zero attached hydrogens (tertiary/aromatic N) is 1. The Hall–Kier alpha value is -1.02. The highest BCUT2D eigenvalue weighted by Gasteiger charge is 2.18. The van der Waals surface area contributed by atoms with Crippen molar-refractivity contribution in [3.63, 3.8) is 0 Å². The van der Waals surface area contributed by atoms with Gasteiger partial charge in [0.05, 0.1) is 0 Å². The van der Waals surface area contributed by atoms with Gasteiger partial charge in [-0.25, -0.2) is 0 Å². The number of rotatable bonds is 3. The highest BCUT2D eigenvalue weighted by Crippen LogP contribution is 2.26. The van der Waals surface area contributed by atoms with E-state index in [-0.39, 0.29) is 0 Å². The number of piperidine rings is 1. The van der Waals surface area contributed by atoms with Crippen LogP contribution in [0.25, 0.3) is 0 Å². The van der Waals surface area contributed by atoms with Crippen molar-refractivity contribution in [1.82, 2.24) is 4.90 Å². The van der Waals surface area contributed by atoms with Crippen LogP contribution >= 0.6 is 0 Å². The molecule has 0 saturated carbocycles. The predicted octanol–water partition coefficient (Wildman–Crippen LogP) is 3.32. The van der Waals surface area contributed by atoms with E-state index in [0.29, 0.717) is 5.75 Å². The number of benzene rings is 1. The Bertz CT molecular complexity index is 367. The van der Waals surface area contributed by atoms with Gasteiger partial charge < -0.3 is 5.11 Å². The lowest BCUT2D eigenvalue weighted by Crippen LogP contribution is -2.33. The highest BCUT2D eigenvalue weighted by atomic mass is 16.3. The van der Waals surface area contributed by atoms with E-state index in [1.165, 1.54) is 32.4 Å². The molecule has 1 aliphatic rings. The van der Waals surface area contributed by atoms with E-state index in [2.05, 4.69) is 11.8 Å². The zero-order chi connectivity index (χ0) is 12.3. The largest absolute Gasteiger partial charge is 0.507 e. The first-order valence-corrected chi connectivity index (χ1v) is 6.70. The minimum atomic E-state index is 0.477. The van der Waals surface area contributed by atoms with Crippen LogP contribution in [0, 0.1) is 12.8 Å². The van der Waals surface area contributed by atoms with Crippen LogP contribution in [0.2, 0.25) is 0 Å². The smallest absolute Gasteiger partial charge is 0.122 e. The highest BCUT2D eigenvalue weighted by molar-refractivity contribution is 5.39. The fourth-order valence-corrected chi connectivity index (χ4v) is 2.64. The fraction of sp³-hybridized carbons (Fsp3) is 0.600. The van der Waals surface area contributed by atoms with Crippen molar-refractivity contribution in [2.45, 2.75) is 39.7 Å². The molecule has 1 fully saturated rings. The van der Waals surface area contributed by atoms with Gasteiger partial charge in [-0.2, -0.15) is 0 Å². The van der Waals surface area contributed by atoms with Gasteiger partial charge in [-0.05, 0) is 44.3 Å². The van der Waals surface area contributed by atoms with Gasteiger partial charge in [0.2, 0.25) is 0 Å². The molecule has 17 heavy (non-hydrogen) atoms. The summed E-state index contributed by atoms with van der Waals surface area (Å²) >= 11 is 0. The lowest BCUT2D eigenvalue weighted by Gasteiger charge is -2.31. The molecule has 1 heterocycles. The van der Waals surface area contributed by atoms with E-state index < -0.39 is 0 Å². The van der Waals surface area contributed by atoms with Gasteiger partial charge in [-0.15, -0.1) is 0 Å². The van der Waals surface area contributed by atoms with Gasteiger partial charge in [0.15, 0.2) is 0 Å². The van der Waals surface area contributed by atoms with Crippen LogP contribution in [0.4, 0.5) is 0 Å². The maximum absolute atomic E-state index is 10.00. The number of likely N-dealkylation sites (tertiary alicyclic amines) is 1. The first kappa shape index (κ1) is 12.4. The van der Waals surface area contributed by atoms with Gasteiger partial charge in [0.25, 0.3) is 0 Å². The van der Waals surface area contributed by atoms with E-state index in [1.54, 1.807) is 0 Å². The van der Waals surface area contributed by atoms with Crippen LogP contribution in [-0.4, -0.2) is 23.1 Å². The summed E-state index contributed by atoms with van der Waals surface area (Å²) in [5.41, 5.74) is 2.05. The van der Waals surface area contributed by atoms with Crippen LogP contribution in [0.15, 0.2) is 18.2 Å². The molecule has 0 unspecified atom stereocenters. The van der Waals surface area contributed by atoms with Gasteiger partial charge in [-0.1, -0.05) is 31.5 Å². The molecule has 1 aliphatic heterocycles. The Morgan fingerprint density at radius 2 is 2.00 bits per heavy atom. The van der Waals surface area contributed by atoms with Crippen LogP contribution in [-0.2, 0) is 6.54 Å². The molecular formula is C15H23NO. The third-order valence-electron chi connectivity index (χ3n) is 4.00. The Morgan fingerprint density at radius 1 is 1.29 bits per heavy atom. The number of para-hydroxylation sites is 1. The summed E-state index contributed by atoms with van der Waals surface area (Å²) < 4.78 is 0. The van der Waals surface area contributed by atoms with Crippen molar-refractivity contribution in [1.29, 1.82) is 0 Å². The average Bonchev–Trinajstić information content (AvgIpc) is 2.36. The SMILES string of the molecule is CCC1CCN(Cc2cccc(C)c2O)CC1. The first-order valence-electron chi connectivity index (χ1n) is 6.70. The molecule has 1 saturated heterocycles. The van der Waals surface area contributed by atoms with Gasteiger partial charge in [-0.3, -0.25) is 4.90 Å². The fourth-order valence-electron chi connectivity index (χ4n) is 2.64. The van der Waals surface area contributed by atoms with Crippen LogP contribution in [0.1, 0.15) is 37.3 Å². The molecule has 0 atom stereocenters. The van der Waals surface area contributed by atoms with Crippen LogP contribution in [0.5, 0.6) is 5.75 Å². The monoisotopic (exact) mass is 233 g/mol. The summed E-state index contributed by atoms with van der Waals surface area (Å²) in [5.74, 6) is 1.39. The van der Waals surface area contributed by atoms with Crippen molar-refractivity contribution >= 4 is 0 Å².